The van der Waals surface area contributed by atoms with E-state index in [0.717, 1.165) is 0 Å². The van der Waals surface area contributed by atoms with Gasteiger partial charge in [0.15, 0.2) is 6.10 Å². The van der Waals surface area contributed by atoms with Crippen LogP contribution >= 0.6 is 0 Å². The summed E-state index contributed by atoms with van der Waals surface area (Å²) in [5, 5.41) is 26.5. The summed E-state index contributed by atoms with van der Waals surface area (Å²) in [5.74, 6) is -0.632. The molecule has 0 aliphatic rings. The number of carbonyl (C=O) groups excluding carboxylic acids is 1. The number of esters is 1. The molecule has 0 aromatic carbocycles. The van der Waals surface area contributed by atoms with E-state index < -0.39 is 24.3 Å². The standard InChI is InChI=1S/C9H15NO4/c1-6(11)3-8(12)4-9(13)14-7(2)5-10/h6-8,11-12H,3-4H2,1-2H3. The van der Waals surface area contributed by atoms with Crippen LogP contribution < -0.4 is 0 Å². The number of hydrogen-bond acceptors (Lipinski definition) is 5. The first kappa shape index (κ1) is 12.9. The number of ether oxygens (including phenoxy) is 1. The number of aliphatic hydroxyl groups excluding tert-OH is 2. The van der Waals surface area contributed by atoms with Crippen LogP contribution in [0.1, 0.15) is 26.7 Å². The molecule has 5 nitrogen and oxygen atoms in total. The maximum absolute atomic E-state index is 11.0. The third kappa shape index (κ3) is 6.40. The van der Waals surface area contributed by atoms with Gasteiger partial charge in [-0.15, -0.1) is 0 Å². The van der Waals surface area contributed by atoms with Gasteiger partial charge in [0.25, 0.3) is 0 Å². The molecule has 3 unspecified atom stereocenters. The van der Waals surface area contributed by atoms with Crippen LogP contribution in [0.3, 0.4) is 0 Å². The number of hydrogen-bond donors (Lipinski definition) is 2. The molecular weight excluding hydrogens is 186 g/mol. The average molecular weight is 201 g/mol. The van der Waals surface area contributed by atoms with Gasteiger partial charge < -0.3 is 14.9 Å². The van der Waals surface area contributed by atoms with E-state index in [1.54, 1.807) is 6.07 Å². The molecule has 5 heteroatoms. The van der Waals surface area contributed by atoms with E-state index in [0.29, 0.717) is 0 Å². The molecule has 2 N–H and O–H groups in total. The Bertz CT molecular complexity index is 221. The summed E-state index contributed by atoms with van der Waals surface area (Å²) in [7, 11) is 0. The second-order valence-corrected chi connectivity index (χ2v) is 3.20. The molecule has 0 fully saturated rings. The Morgan fingerprint density at radius 2 is 2.07 bits per heavy atom. The van der Waals surface area contributed by atoms with Crippen molar-refractivity contribution in [1.29, 1.82) is 5.26 Å². The lowest BCUT2D eigenvalue weighted by atomic mass is 10.1. The lowest BCUT2D eigenvalue weighted by molar-refractivity contribution is -0.148. The average Bonchev–Trinajstić information content (AvgIpc) is 2.01. The molecule has 0 bridgehead atoms. The van der Waals surface area contributed by atoms with Crippen molar-refractivity contribution >= 4 is 5.97 Å². The highest BCUT2D eigenvalue weighted by Gasteiger charge is 2.15. The Morgan fingerprint density at radius 3 is 2.50 bits per heavy atom. The highest BCUT2D eigenvalue weighted by molar-refractivity contribution is 5.70. The highest BCUT2D eigenvalue weighted by atomic mass is 16.5. The van der Waals surface area contributed by atoms with Gasteiger partial charge in [-0.1, -0.05) is 0 Å². The quantitative estimate of drug-likeness (QED) is 0.609. The monoisotopic (exact) mass is 201 g/mol. The molecule has 0 rings (SSSR count). The Labute approximate surface area is 82.9 Å². The van der Waals surface area contributed by atoms with Crippen LogP contribution in [0, 0.1) is 11.3 Å². The summed E-state index contributed by atoms with van der Waals surface area (Å²) in [5.41, 5.74) is 0. The number of rotatable bonds is 5. The van der Waals surface area contributed by atoms with Crippen LogP contribution in [0.5, 0.6) is 0 Å². The Hall–Kier alpha value is -1.12. The van der Waals surface area contributed by atoms with Crippen molar-refractivity contribution in [3.05, 3.63) is 0 Å². The number of nitrogens with zero attached hydrogens (tertiary/aromatic N) is 1. The molecule has 14 heavy (non-hydrogen) atoms. The summed E-state index contributed by atoms with van der Waals surface area (Å²) in [6.45, 7) is 2.96. The molecular formula is C9H15NO4. The van der Waals surface area contributed by atoms with Gasteiger partial charge in [0.1, 0.15) is 6.07 Å². The van der Waals surface area contributed by atoms with Crippen molar-refractivity contribution in [3.63, 3.8) is 0 Å². The van der Waals surface area contributed by atoms with E-state index in [2.05, 4.69) is 4.74 Å². The van der Waals surface area contributed by atoms with Crippen molar-refractivity contribution in [2.24, 2.45) is 0 Å². The van der Waals surface area contributed by atoms with Gasteiger partial charge in [0.2, 0.25) is 0 Å². The Balaban J connectivity index is 3.78. The van der Waals surface area contributed by atoms with E-state index in [-0.39, 0.29) is 12.8 Å². The molecule has 0 spiro atoms. The maximum Gasteiger partial charge on any atom is 0.309 e. The van der Waals surface area contributed by atoms with Crippen molar-refractivity contribution in [2.75, 3.05) is 0 Å². The predicted molar refractivity (Wildman–Crippen MR) is 48.1 cm³/mol. The summed E-state index contributed by atoms with van der Waals surface area (Å²) < 4.78 is 4.61. The largest absolute Gasteiger partial charge is 0.447 e. The Morgan fingerprint density at radius 1 is 1.50 bits per heavy atom. The highest BCUT2D eigenvalue weighted by Crippen LogP contribution is 2.04. The summed E-state index contributed by atoms with van der Waals surface area (Å²) in [6, 6.07) is 1.74. The van der Waals surface area contributed by atoms with Gasteiger partial charge in [0, 0.05) is 0 Å². The van der Waals surface area contributed by atoms with Gasteiger partial charge in [-0.2, -0.15) is 5.26 Å². The van der Waals surface area contributed by atoms with E-state index >= 15 is 0 Å². The molecule has 0 saturated heterocycles. The third-order valence-corrected chi connectivity index (χ3v) is 1.51. The van der Waals surface area contributed by atoms with Crippen LogP contribution in [0.15, 0.2) is 0 Å². The summed E-state index contributed by atoms with van der Waals surface area (Å²) >= 11 is 0. The number of carbonyl (C=O) groups is 1. The molecule has 80 valence electrons. The van der Waals surface area contributed by atoms with E-state index in [1.807, 2.05) is 0 Å². The van der Waals surface area contributed by atoms with E-state index in [4.69, 9.17) is 10.4 Å². The van der Waals surface area contributed by atoms with Gasteiger partial charge in [-0.05, 0) is 20.3 Å². The zero-order valence-corrected chi connectivity index (χ0v) is 8.30. The van der Waals surface area contributed by atoms with Gasteiger partial charge >= 0.3 is 5.97 Å². The molecule has 0 saturated carbocycles. The van der Waals surface area contributed by atoms with Gasteiger partial charge in [-0.3, -0.25) is 4.79 Å². The number of nitriles is 1. The fourth-order valence-corrected chi connectivity index (χ4v) is 0.941. The zero-order chi connectivity index (χ0) is 11.1. The molecule has 0 heterocycles. The third-order valence-electron chi connectivity index (χ3n) is 1.51. The molecule has 0 aromatic heterocycles. The minimum Gasteiger partial charge on any atom is -0.447 e. The topological polar surface area (TPSA) is 90.6 Å². The Kier molecular flexibility index (Phi) is 5.84. The first-order valence-corrected chi connectivity index (χ1v) is 4.41. The fraction of sp³-hybridized carbons (Fsp3) is 0.778. The first-order valence-electron chi connectivity index (χ1n) is 4.41. The zero-order valence-electron chi connectivity index (χ0n) is 8.30. The van der Waals surface area contributed by atoms with Gasteiger partial charge in [0.05, 0.1) is 18.6 Å². The lowest BCUT2D eigenvalue weighted by Gasteiger charge is -2.12. The second-order valence-electron chi connectivity index (χ2n) is 3.20. The molecule has 0 aromatic rings. The smallest absolute Gasteiger partial charge is 0.309 e. The lowest BCUT2D eigenvalue weighted by Crippen LogP contribution is -2.22. The van der Waals surface area contributed by atoms with Crippen LogP contribution in [-0.4, -0.2) is 34.5 Å². The van der Waals surface area contributed by atoms with Crippen LogP contribution in [0.2, 0.25) is 0 Å². The minimum atomic E-state index is -0.923. The van der Waals surface area contributed by atoms with E-state index in [1.165, 1.54) is 13.8 Å². The minimum absolute atomic E-state index is 0.121. The molecule has 0 radical (unpaired) electrons. The summed E-state index contributed by atoms with van der Waals surface area (Å²) in [4.78, 5) is 11.0. The molecule has 0 aliphatic carbocycles. The second kappa shape index (κ2) is 6.35. The fourth-order valence-electron chi connectivity index (χ4n) is 0.941. The normalized spacial score (nSPS) is 16.5. The first-order chi connectivity index (χ1) is 6.45. The van der Waals surface area contributed by atoms with Crippen molar-refractivity contribution in [1.82, 2.24) is 0 Å². The van der Waals surface area contributed by atoms with Gasteiger partial charge in [-0.25, -0.2) is 0 Å². The number of aliphatic hydroxyl groups is 2. The van der Waals surface area contributed by atoms with Crippen molar-refractivity contribution < 1.29 is 19.7 Å². The van der Waals surface area contributed by atoms with Crippen LogP contribution in [0.4, 0.5) is 0 Å². The predicted octanol–water partition coefficient (Wildman–Crippen LogP) is -0.0364. The van der Waals surface area contributed by atoms with Crippen LogP contribution in [0.25, 0.3) is 0 Å². The molecule has 0 amide bonds. The van der Waals surface area contributed by atoms with E-state index in [9.17, 15) is 9.90 Å². The SMILES string of the molecule is CC(O)CC(O)CC(=O)OC(C)C#N. The van der Waals surface area contributed by atoms with Crippen LogP contribution in [-0.2, 0) is 9.53 Å². The van der Waals surface area contributed by atoms with Crippen molar-refractivity contribution in [3.8, 4) is 6.07 Å². The molecule has 0 aliphatic heterocycles. The summed E-state index contributed by atoms with van der Waals surface area (Å²) in [6.07, 6.45) is -2.46. The maximum atomic E-state index is 11.0. The van der Waals surface area contributed by atoms with Crippen molar-refractivity contribution in [2.45, 2.75) is 45.0 Å². The molecule has 3 atom stereocenters.